The lowest BCUT2D eigenvalue weighted by Crippen LogP contribution is -2.50. The quantitative estimate of drug-likeness (QED) is 0.0936. The summed E-state index contributed by atoms with van der Waals surface area (Å²) in [6.45, 7) is 4.38. The second kappa shape index (κ2) is 17.3. The fraction of sp³-hybridized carbons (Fsp3) is 0.452. The fourth-order valence-corrected chi connectivity index (χ4v) is 5.47. The summed E-state index contributed by atoms with van der Waals surface area (Å²) in [4.78, 5) is 45.6. The molecular formula is C31H41N3O9S2. The van der Waals surface area contributed by atoms with Crippen molar-refractivity contribution in [1.82, 2.24) is 15.6 Å². The second-order valence-electron chi connectivity index (χ2n) is 10.9. The van der Waals surface area contributed by atoms with Gasteiger partial charge in [-0.1, -0.05) is 42.5 Å². The van der Waals surface area contributed by atoms with Crippen LogP contribution in [0.3, 0.4) is 0 Å². The van der Waals surface area contributed by atoms with E-state index in [9.17, 15) is 14.4 Å². The van der Waals surface area contributed by atoms with Crippen molar-refractivity contribution in [3.8, 4) is 5.75 Å². The Morgan fingerprint density at radius 2 is 1.76 bits per heavy atom. The van der Waals surface area contributed by atoms with Crippen molar-refractivity contribution in [2.45, 2.75) is 52.0 Å². The number of hydrogen-bond donors (Lipinski definition) is 3. The van der Waals surface area contributed by atoms with Gasteiger partial charge in [0.2, 0.25) is 12.2 Å². The summed E-state index contributed by atoms with van der Waals surface area (Å²) >= 11 is 3.05. The molecular weight excluding hydrogens is 622 g/mol. The van der Waals surface area contributed by atoms with Crippen molar-refractivity contribution in [2.24, 2.45) is 5.41 Å². The van der Waals surface area contributed by atoms with Gasteiger partial charge in [0.05, 0.1) is 17.4 Å². The molecule has 14 heteroatoms. The lowest BCUT2D eigenvalue weighted by atomic mass is 9.93. The van der Waals surface area contributed by atoms with E-state index in [2.05, 4.69) is 10.2 Å². The Labute approximate surface area is 271 Å². The molecule has 0 aliphatic heterocycles. The molecule has 1 heterocycles. The normalized spacial score (nSPS) is 13.6. The Morgan fingerprint density at radius 3 is 2.44 bits per heavy atom. The Morgan fingerprint density at radius 1 is 1.02 bits per heavy atom. The van der Waals surface area contributed by atoms with Gasteiger partial charge >= 0.3 is 12.1 Å². The molecule has 3 rings (SSSR count). The molecule has 1 aromatic heterocycles. The number of hydrogen-bond acceptors (Lipinski definition) is 12. The van der Waals surface area contributed by atoms with Crippen LogP contribution in [0.25, 0.3) is 10.8 Å². The van der Waals surface area contributed by atoms with Gasteiger partial charge < -0.3 is 24.4 Å². The monoisotopic (exact) mass is 663 g/mol. The number of esters is 1. The first-order valence-electron chi connectivity index (χ1n) is 14.3. The van der Waals surface area contributed by atoms with E-state index in [0.29, 0.717) is 18.7 Å². The molecule has 3 N–H and O–H groups in total. The van der Waals surface area contributed by atoms with Crippen LogP contribution in [-0.2, 0) is 23.9 Å². The molecule has 0 saturated heterocycles. The molecule has 0 fully saturated rings. The second-order valence-corrected chi connectivity index (χ2v) is 12.9. The third-order valence-electron chi connectivity index (χ3n) is 6.82. The van der Waals surface area contributed by atoms with E-state index in [1.165, 1.54) is 37.4 Å². The summed E-state index contributed by atoms with van der Waals surface area (Å²) in [7, 11) is 1.59. The molecule has 45 heavy (non-hydrogen) atoms. The highest BCUT2D eigenvalue weighted by Gasteiger charge is 2.34. The maximum Gasteiger partial charge on any atom is 0.412 e. The molecule has 0 radical (unpaired) electrons. The van der Waals surface area contributed by atoms with Crippen molar-refractivity contribution >= 4 is 51.8 Å². The summed E-state index contributed by atoms with van der Waals surface area (Å²) in [5.41, 5.74) is -1.21. The number of ether oxygens (including phenoxy) is 3. The Hall–Kier alpha value is -3.40. The van der Waals surface area contributed by atoms with Crippen LogP contribution in [0.1, 0.15) is 44.6 Å². The fourth-order valence-electron chi connectivity index (χ4n) is 4.21. The van der Waals surface area contributed by atoms with E-state index in [1.54, 1.807) is 18.4 Å². The topological polar surface area (TPSA) is 147 Å². The van der Waals surface area contributed by atoms with E-state index in [4.69, 9.17) is 24.6 Å². The minimum atomic E-state index is -1.23. The third kappa shape index (κ3) is 11.2. The van der Waals surface area contributed by atoms with Gasteiger partial charge in [0.25, 0.3) is 0 Å². The number of carbonyl (C=O) groups excluding carboxylic acids is 3. The smallest absolute Gasteiger partial charge is 0.412 e. The zero-order chi connectivity index (χ0) is 33.0. The van der Waals surface area contributed by atoms with Gasteiger partial charge in [-0.25, -0.2) is 14.4 Å². The molecule has 3 aromatic rings. The van der Waals surface area contributed by atoms with Crippen LogP contribution in [0.4, 0.5) is 4.79 Å². The maximum absolute atomic E-state index is 13.0. The lowest BCUT2D eigenvalue weighted by molar-refractivity contribution is -0.495. The minimum Gasteiger partial charge on any atom is -0.484 e. The molecule has 3 atom stereocenters. The number of amides is 2. The van der Waals surface area contributed by atoms with Crippen molar-refractivity contribution in [3.63, 3.8) is 0 Å². The summed E-state index contributed by atoms with van der Waals surface area (Å²) in [5, 5.41) is 23.8. The third-order valence-corrected chi connectivity index (χ3v) is 8.43. The number of nitrogens with zero attached hydrogens (tertiary/aromatic N) is 2. The first-order valence-corrected chi connectivity index (χ1v) is 16.6. The zero-order valence-electron chi connectivity index (χ0n) is 26.0. The maximum atomic E-state index is 13.0. The highest BCUT2D eigenvalue weighted by Crippen LogP contribution is 2.33. The van der Waals surface area contributed by atoms with Crippen LogP contribution < -0.4 is 10.1 Å². The lowest BCUT2D eigenvalue weighted by Gasteiger charge is -2.27. The summed E-state index contributed by atoms with van der Waals surface area (Å²) in [6, 6.07) is 16.8. The molecule has 0 saturated carbocycles. The molecule has 2 aromatic carbocycles. The number of carbonyl (C=O) groups is 3. The summed E-state index contributed by atoms with van der Waals surface area (Å²) in [6.07, 6.45) is 0.372. The van der Waals surface area contributed by atoms with Crippen LogP contribution in [-0.4, -0.2) is 83.2 Å². The Bertz CT molecular complexity index is 1380. The number of rotatable bonds is 17. The van der Waals surface area contributed by atoms with E-state index >= 15 is 0 Å². The molecule has 0 aliphatic rings. The number of benzene rings is 2. The van der Waals surface area contributed by atoms with Gasteiger partial charge in [0, 0.05) is 37.2 Å². The van der Waals surface area contributed by atoms with E-state index in [0.717, 1.165) is 21.4 Å². The van der Waals surface area contributed by atoms with Gasteiger partial charge in [-0.3, -0.25) is 15.2 Å². The standard InChI is InChI=1S/C31H41N3O9S2/c1-21(41-28(35)24(16-19-44-5)32-29(36)31(2,3)20-40-34(38)39)42-30(37)33(4)17-15-26(27-14-9-18-45-27)43-25-13-8-11-22-10-6-7-12-23(22)25/h6-14,18,21,24,26,38-39H,15-17,19-20H2,1-5H3,(H,32,36)/t21?,24?,26-/m0/s1. The number of nitrogens with one attached hydrogen (secondary N) is 1. The van der Waals surface area contributed by atoms with Crippen LogP contribution in [0.15, 0.2) is 60.0 Å². The summed E-state index contributed by atoms with van der Waals surface area (Å²) in [5.74, 6) is -0.0478. The van der Waals surface area contributed by atoms with Crippen LogP contribution in [0.2, 0.25) is 0 Å². The van der Waals surface area contributed by atoms with Crippen LogP contribution >= 0.6 is 23.1 Å². The van der Waals surface area contributed by atoms with Gasteiger partial charge in [-0.05, 0) is 55.2 Å². The SMILES string of the molecule is CSCCC(NC(=O)C(C)(C)CON(O)O)C(=O)OC(C)OC(=O)N(C)CC[C@H](Oc1cccc2ccccc12)c1cccs1. The van der Waals surface area contributed by atoms with E-state index in [1.807, 2.05) is 66.2 Å². The molecule has 2 unspecified atom stereocenters. The van der Waals surface area contributed by atoms with Gasteiger partial charge in [-0.15, -0.1) is 11.3 Å². The minimum absolute atomic E-state index is 0.260. The van der Waals surface area contributed by atoms with Crippen molar-refractivity contribution in [3.05, 3.63) is 64.9 Å². The predicted molar refractivity (Wildman–Crippen MR) is 171 cm³/mol. The zero-order valence-corrected chi connectivity index (χ0v) is 27.6. The summed E-state index contributed by atoms with van der Waals surface area (Å²) < 4.78 is 17.2. The van der Waals surface area contributed by atoms with Crippen LogP contribution in [0.5, 0.6) is 5.75 Å². The highest BCUT2D eigenvalue weighted by molar-refractivity contribution is 7.98. The molecule has 246 valence electrons. The van der Waals surface area contributed by atoms with E-state index in [-0.39, 0.29) is 19.1 Å². The van der Waals surface area contributed by atoms with Gasteiger partial charge in [0.1, 0.15) is 17.9 Å². The predicted octanol–water partition coefficient (Wildman–Crippen LogP) is 5.65. The van der Waals surface area contributed by atoms with Crippen molar-refractivity contribution in [2.75, 3.05) is 32.2 Å². The molecule has 12 nitrogen and oxygen atoms in total. The van der Waals surface area contributed by atoms with Crippen molar-refractivity contribution in [1.29, 1.82) is 0 Å². The first-order chi connectivity index (χ1) is 21.4. The number of fused-ring (bicyclic) bond motifs is 1. The molecule has 0 bridgehead atoms. The molecule has 0 aliphatic carbocycles. The average Bonchev–Trinajstić information content (AvgIpc) is 3.55. The molecule has 2 amide bonds. The van der Waals surface area contributed by atoms with Crippen LogP contribution in [0, 0.1) is 5.41 Å². The van der Waals surface area contributed by atoms with E-state index < -0.39 is 41.1 Å². The number of thioether (sulfide) groups is 1. The van der Waals surface area contributed by atoms with Gasteiger partial charge in [0.15, 0.2) is 0 Å². The molecule has 0 spiro atoms. The Kier molecular flexibility index (Phi) is 13.9. The van der Waals surface area contributed by atoms with Crippen molar-refractivity contribution < 1.29 is 43.8 Å². The average molecular weight is 664 g/mol. The first kappa shape index (κ1) is 36.1. The Balaban J connectivity index is 1.57. The largest absolute Gasteiger partial charge is 0.484 e. The van der Waals surface area contributed by atoms with Gasteiger partial charge in [-0.2, -0.15) is 11.8 Å². The number of thiophene rings is 1. The highest BCUT2D eigenvalue weighted by atomic mass is 32.2.